The van der Waals surface area contributed by atoms with Crippen LogP contribution in [0.25, 0.3) is 10.9 Å². The van der Waals surface area contributed by atoms with E-state index < -0.39 is 0 Å². The van der Waals surface area contributed by atoms with Crippen molar-refractivity contribution in [3.8, 4) is 0 Å². The molecule has 0 amide bonds. The summed E-state index contributed by atoms with van der Waals surface area (Å²) in [5.74, 6) is -0.125. The summed E-state index contributed by atoms with van der Waals surface area (Å²) < 4.78 is 16.1. The van der Waals surface area contributed by atoms with Gasteiger partial charge in [-0.15, -0.1) is 0 Å². The molecule has 0 unspecified atom stereocenters. The van der Waals surface area contributed by atoms with Crippen molar-refractivity contribution in [1.82, 2.24) is 9.88 Å². The maximum absolute atomic E-state index is 13.8. The van der Waals surface area contributed by atoms with Gasteiger partial charge in [0.1, 0.15) is 5.82 Å². The predicted octanol–water partition coefficient (Wildman–Crippen LogP) is 3.61. The van der Waals surface area contributed by atoms with Crippen LogP contribution in [-0.2, 0) is 6.54 Å². The molecule has 1 aromatic heterocycles. The molecule has 0 saturated heterocycles. The fourth-order valence-electron chi connectivity index (χ4n) is 2.55. The second-order valence-corrected chi connectivity index (χ2v) is 5.43. The summed E-state index contributed by atoms with van der Waals surface area (Å²) in [6.45, 7) is 5.12. The minimum absolute atomic E-state index is 0.125. The molecule has 1 aliphatic rings. The molecule has 0 radical (unpaired) electrons. The van der Waals surface area contributed by atoms with Crippen molar-refractivity contribution < 1.29 is 4.39 Å². The molecule has 1 heterocycles. The normalized spacial score (nSPS) is 15.8. The second-order valence-electron chi connectivity index (χ2n) is 5.43. The molecule has 2 nitrogen and oxygen atoms in total. The first-order chi connectivity index (χ1) is 8.66. The molecule has 1 saturated carbocycles. The highest BCUT2D eigenvalue weighted by Crippen LogP contribution is 2.27. The van der Waals surface area contributed by atoms with Gasteiger partial charge in [0.25, 0.3) is 0 Å². The lowest BCUT2D eigenvalue weighted by Gasteiger charge is -2.15. The summed E-state index contributed by atoms with van der Waals surface area (Å²) in [5.41, 5.74) is 2.18. The molecule has 2 aromatic rings. The first kappa shape index (κ1) is 11.7. The molecule has 0 atom stereocenters. The van der Waals surface area contributed by atoms with Crippen LogP contribution < -0.4 is 5.32 Å². The van der Waals surface area contributed by atoms with E-state index in [1.807, 2.05) is 12.1 Å². The van der Waals surface area contributed by atoms with Crippen LogP contribution in [0.5, 0.6) is 0 Å². The van der Waals surface area contributed by atoms with Crippen molar-refractivity contribution in [3.05, 3.63) is 35.8 Å². The van der Waals surface area contributed by atoms with Crippen molar-refractivity contribution in [2.75, 3.05) is 0 Å². The van der Waals surface area contributed by atoms with Gasteiger partial charge in [0.2, 0.25) is 0 Å². The van der Waals surface area contributed by atoms with E-state index in [-0.39, 0.29) is 5.82 Å². The summed E-state index contributed by atoms with van der Waals surface area (Å²) in [7, 11) is 0. The molecule has 0 spiro atoms. The van der Waals surface area contributed by atoms with Gasteiger partial charge in [-0.05, 0) is 44.9 Å². The number of fused-ring (bicyclic) bond motifs is 1. The summed E-state index contributed by atoms with van der Waals surface area (Å²) >= 11 is 0. The van der Waals surface area contributed by atoms with Gasteiger partial charge in [0, 0.05) is 29.7 Å². The number of benzene rings is 1. The molecule has 96 valence electrons. The number of nitrogens with zero attached hydrogens (tertiary/aromatic N) is 1. The van der Waals surface area contributed by atoms with E-state index in [1.165, 1.54) is 24.6 Å². The Morgan fingerprint density at radius 1 is 1.39 bits per heavy atom. The highest BCUT2D eigenvalue weighted by molar-refractivity contribution is 5.82. The molecule has 1 fully saturated rings. The molecule has 1 aliphatic carbocycles. The highest BCUT2D eigenvalue weighted by atomic mass is 19.1. The van der Waals surface area contributed by atoms with Crippen LogP contribution in [0, 0.1) is 5.82 Å². The molecule has 0 bridgehead atoms. The van der Waals surface area contributed by atoms with Crippen LogP contribution in [0.2, 0.25) is 0 Å². The Morgan fingerprint density at radius 3 is 2.83 bits per heavy atom. The maximum Gasteiger partial charge on any atom is 0.132 e. The van der Waals surface area contributed by atoms with Gasteiger partial charge in [-0.25, -0.2) is 4.39 Å². The Hall–Kier alpha value is -1.35. The molecular formula is C15H19FN2. The van der Waals surface area contributed by atoms with Crippen molar-refractivity contribution in [1.29, 1.82) is 0 Å². The minimum atomic E-state index is -0.125. The summed E-state index contributed by atoms with van der Waals surface area (Å²) in [6.07, 6.45) is 2.55. The van der Waals surface area contributed by atoms with E-state index in [1.54, 1.807) is 6.07 Å². The van der Waals surface area contributed by atoms with E-state index in [9.17, 15) is 4.39 Å². The zero-order valence-corrected chi connectivity index (χ0v) is 10.9. The van der Waals surface area contributed by atoms with Crippen LogP contribution in [0.15, 0.2) is 24.3 Å². The third-order valence-electron chi connectivity index (χ3n) is 3.58. The van der Waals surface area contributed by atoms with Gasteiger partial charge in [0.05, 0.1) is 5.52 Å². The van der Waals surface area contributed by atoms with Crippen LogP contribution in [0.4, 0.5) is 4.39 Å². The number of rotatable bonds is 4. The van der Waals surface area contributed by atoms with Crippen molar-refractivity contribution in [3.63, 3.8) is 0 Å². The zero-order chi connectivity index (χ0) is 12.7. The van der Waals surface area contributed by atoms with E-state index >= 15 is 0 Å². The number of nitrogens with one attached hydrogen (secondary N) is 1. The first-order valence-electron chi connectivity index (χ1n) is 6.68. The topological polar surface area (TPSA) is 17.0 Å². The zero-order valence-electron chi connectivity index (χ0n) is 10.9. The number of halogens is 1. The largest absolute Gasteiger partial charge is 0.341 e. The van der Waals surface area contributed by atoms with Gasteiger partial charge >= 0.3 is 0 Å². The monoisotopic (exact) mass is 246 g/mol. The molecule has 1 aromatic carbocycles. The van der Waals surface area contributed by atoms with E-state index in [4.69, 9.17) is 0 Å². The van der Waals surface area contributed by atoms with Crippen molar-refractivity contribution in [2.45, 2.75) is 45.3 Å². The smallest absolute Gasteiger partial charge is 0.132 e. The average Bonchev–Trinajstić information content (AvgIpc) is 3.06. The van der Waals surface area contributed by atoms with Gasteiger partial charge in [-0.1, -0.05) is 6.07 Å². The summed E-state index contributed by atoms with van der Waals surface area (Å²) in [6, 6.07) is 8.33. The Bertz CT molecular complexity index is 567. The Labute approximate surface area is 107 Å². The van der Waals surface area contributed by atoms with E-state index in [0.29, 0.717) is 12.1 Å². The number of aromatic nitrogens is 1. The average molecular weight is 246 g/mol. The lowest BCUT2D eigenvalue weighted by molar-refractivity contribution is 0.565. The lowest BCUT2D eigenvalue weighted by atomic mass is 10.2. The van der Waals surface area contributed by atoms with Crippen LogP contribution in [0.3, 0.4) is 0 Å². The van der Waals surface area contributed by atoms with Gasteiger partial charge < -0.3 is 9.88 Å². The maximum atomic E-state index is 13.8. The quantitative estimate of drug-likeness (QED) is 0.872. The summed E-state index contributed by atoms with van der Waals surface area (Å²) in [5, 5.41) is 4.24. The third kappa shape index (κ3) is 2.03. The molecule has 0 aliphatic heterocycles. The van der Waals surface area contributed by atoms with Gasteiger partial charge in [0.15, 0.2) is 0 Å². The van der Waals surface area contributed by atoms with Gasteiger partial charge in [-0.2, -0.15) is 0 Å². The summed E-state index contributed by atoms with van der Waals surface area (Å²) in [4.78, 5) is 0. The molecule has 3 rings (SSSR count). The first-order valence-corrected chi connectivity index (χ1v) is 6.68. The minimum Gasteiger partial charge on any atom is -0.341 e. The molecular weight excluding hydrogens is 227 g/mol. The van der Waals surface area contributed by atoms with E-state index in [2.05, 4.69) is 23.7 Å². The van der Waals surface area contributed by atoms with Gasteiger partial charge in [-0.3, -0.25) is 0 Å². The van der Waals surface area contributed by atoms with Crippen LogP contribution in [0.1, 0.15) is 38.4 Å². The molecule has 3 heteroatoms. The Balaban J connectivity index is 2.04. The fourth-order valence-corrected chi connectivity index (χ4v) is 2.55. The standard InChI is InChI=1S/C15H19FN2/c1-10(2)18-12(9-17-11-6-7-11)8-13-14(16)4-3-5-15(13)18/h3-5,8,10-11,17H,6-7,9H2,1-2H3. The third-order valence-corrected chi connectivity index (χ3v) is 3.58. The Morgan fingerprint density at radius 2 is 2.17 bits per heavy atom. The highest BCUT2D eigenvalue weighted by Gasteiger charge is 2.21. The molecule has 1 N–H and O–H groups in total. The molecule has 18 heavy (non-hydrogen) atoms. The fraction of sp³-hybridized carbons (Fsp3) is 0.467. The predicted molar refractivity (Wildman–Crippen MR) is 72.1 cm³/mol. The van der Waals surface area contributed by atoms with E-state index in [0.717, 1.165) is 17.4 Å². The SMILES string of the molecule is CC(C)n1c(CNC2CC2)cc2c(F)cccc21. The Kier molecular flexibility index (Phi) is 2.86. The van der Waals surface area contributed by atoms with Crippen molar-refractivity contribution in [2.24, 2.45) is 0 Å². The number of hydrogen-bond donors (Lipinski definition) is 1. The van der Waals surface area contributed by atoms with Crippen molar-refractivity contribution >= 4 is 10.9 Å². The van der Waals surface area contributed by atoms with Crippen LogP contribution in [-0.4, -0.2) is 10.6 Å². The second kappa shape index (κ2) is 4.39. The lowest BCUT2D eigenvalue weighted by Crippen LogP contribution is -2.18. The number of hydrogen-bond acceptors (Lipinski definition) is 1. The van der Waals surface area contributed by atoms with Crippen LogP contribution >= 0.6 is 0 Å².